The number of ether oxygens (including phenoxy) is 1. The van der Waals surface area contributed by atoms with Gasteiger partial charge in [0, 0.05) is 18.8 Å². The first-order valence-electron chi connectivity index (χ1n) is 8.73. The van der Waals surface area contributed by atoms with Crippen LogP contribution in [0.15, 0.2) is 47.0 Å². The van der Waals surface area contributed by atoms with E-state index in [1.54, 1.807) is 29.8 Å². The summed E-state index contributed by atoms with van der Waals surface area (Å²) in [6, 6.07) is 9.67. The van der Waals surface area contributed by atoms with Crippen molar-refractivity contribution in [1.82, 2.24) is 15.1 Å². The second-order valence-corrected chi connectivity index (χ2v) is 6.13. The van der Waals surface area contributed by atoms with Gasteiger partial charge in [-0.05, 0) is 43.7 Å². The van der Waals surface area contributed by atoms with Crippen molar-refractivity contribution >= 4 is 11.6 Å². The number of benzene rings is 1. The Morgan fingerprint density at radius 2 is 2.14 bits per heavy atom. The second-order valence-electron chi connectivity index (χ2n) is 6.13. The van der Waals surface area contributed by atoms with Crippen LogP contribution in [0.5, 0.6) is 5.75 Å². The summed E-state index contributed by atoms with van der Waals surface area (Å²) in [5.41, 5.74) is 1.40. The Bertz CT molecular complexity index is 992. The van der Waals surface area contributed by atoms with Gasteiger partial charge in [0.05, 0.1) is 17.2 Å². The highest BCUT2D eigenvalue weighted by Gasteiger charge is 2.17. The molecule has 0 radical (unpaired) electrons. The van der Waals surface area contributed by atoms with Crippen molar-refractivity contribution in [3.63, 3.8) is 0 Å². The molecule has 3 aromatic rings. The predicted molar refractivity (Wildman–Crippen MR) is 99.9 cm³/mol. The van der Waals surface area contributed by atoms with Crippen molar-refractivity contribution in [2.75, 3.05) is 0 Å². The van der Waals surface area contributed by atoms with Gasteiger partial charge in [0.25, 0.3) is 5.91 Å². The standard InChI is InChI=1S/C19H20N4O5/c1-3-22-9-8-14(21-22)11-20-19(24)18-7-5-15(28-18)12-27-17-6-4-13(2)10-16(17)23(25)26/h4-10H,3,11-12H2,1-2H3,(H,20,24). The summed E-state index contributed by atoms with van der Waals surface area (Å²) < 4.78 is 12.7. The Morgan fingerprint density at radius 1 is 1.32 bits per heavy atom. The fraction of sp³-hybridized carbons (Fsp3) is 0.263. The fourth-order valence-electron chi connectivity index (χ4n) is 2.55. The third-order valence-electron chi connectivity index (χ3n) is 4.02. The molecule has 146 valence electrons. The van der Waals surface area contributed by atoms with Crippen LogP contribution in [0.1, 0.15) is 34.5 Å². The van der Waals surface area contributed by atoms with Crippen LogP contribution in [0.2, 0.25) is 0 Å². The molecular weight excluding hydrogens is 364 g/mol. The molecule has 0 aliphatic heterocycles. The molecule has 0 bridgehead atoms. The third kappa shape index (κ3) is 4.56. The number of hydrogen-bond acceptors (Lipinski definition) is 6. The van der Waals surface area contributed by atoms with E-state index < -0.39 is 4.92 Å². The Labute approximate surface area is 161 Å². The molecule has 0 aliphatic carbocycles. The van der Waals surface area contributed by atoms with Crippen molar-refractivity contribution in [1.29, 1.82) is 0 Å². The third-order valence-corrected chi connectivity index (χ3v) is 4.02. The van der Waals surface area contributed by atoms with E-state index in [4.69, 9.17) is 9.15 Å². The van der Waals surface area contributed by atoms with E-state index in [1.807, 2.05) is 19.2 Å². The molecule has 3 rings (SSSR count). The average molecular weight is 384 g/mol. The number of nitro benzene ring substituents is 1. The maximum Gasteiger partial charge on any atom is 0.311 e. The summed E-state index contributed by atoms with van der Waals surface area (Å²) in [5, 5.41) is 18.1. The lowest BCUT2D eigenvalue weighted by molar-refractivity contribution is -0.386. The highest BCUT2D eigenvalue weighted by atomic mass is 16.6. The highest BCUT2D eigenvalue weighted by molar-refractivity contribution is 5.91. The summed E-state index contributed by atoms with van der Waals surface area (Å²) >= 11 is 0. The average Bonchev–Trinajstić information content (AvgIpc) is 3.34. The van der Waals surface area contributed by atoms with Gasteiger partial charge in [-0.15, -0.1) is 0 Å². The van der Waals surface area contributed by atoms with E-state index in [2.05, 4.69) is 10.4 Å². The van der Waals surface area contributed by atoms with Crippen LogP contribution >= 0.6 is 0 Å². The number of hydrogen-bond donors (Lipinski definition) is 1. The smallest absolute Gasteiger partial charge is 0.311 e. The number of aromatic nitrogens is 2. The number of nitro groups is 1. The van der Waals surface area contributed by atoms with Crippen molar-refractivity contribution in [2.24, 2.45) is 0 Å². The van der Waals surface area contributed by atoms with Gasteiger partial charge < -0.3 is 14.5 Å². The Hall–Kier alpha value is -3.62. The quantitative estimate of drug-likeness (QED) is 0.471. The van der Waals surface area contributed by atoms with Crippen LogP contribution in [0.4, 0.5) is 5.69 Å². The second kappa shape index (κ2) is 8.38. The van der Waals surface area contributed by atoms with E-state index in [0.717, 1.165) is 17.8 Å². The first kappa shape index (κ1) is 19.2. The maximum atomic E-state index is 12.2. The Morgan fingerprint density at radius 3 is 2.86 bits per heavy atom. The zero-order valence-corrected chi connectivity index (χ0v) is 15.5. The molecule has 0 aliphatic rings. The monoisotopic (exact) mass is 384 g/mol. The van der Waals surface area contributed by atoms with Crippen LogP contribution in [-0.2, 0) is 19.7 Å². The molecule has 0 spiro atoms. The number of carbonyl (C=O) groups is 1. The Balaban J connectivity index is 1.58. The van der Waals surface area contributed by atoms with Gasteiger partial charge in [-0.3, -0.25) is 19.6 Å². The number of nitrogens with one attached hydrogen (secondary N) is 1. The molecule has 2 aromatic heterocycles. The molecule has 0 saturated carbocycles. The topological polar surface area (TPSA) is 112 Å². The van der Waals surface area contributed by atoms with Crippen LogP contribution in [0, 0.1) is 17.0 Å². The number of rotatable bonds is 8. The molecule has 1 N–H and O–H groups in total. The van der Waals surface area contributed by atoms with Crippen molar-refractivity contribution in [3.05, 3.63) is 75.5 Å². The zero-order chi connectivity index (χ0) is 20.1. The SMILES string of the molecule is CCn1ccc(CNC(=O)c2ccc(COc3ccc(C)cc3[N+](=O)[O-])o2)n1. The van der Waals surface area contributed by atoms with Crippen molar-refractivity contribution in [2.45, 2.75) is 33.5 Å². The number of nitrogens with zero attached hydrogens (tertiary/aromatic N) is 3. The van der Waals surface area contributed by atoms with Gasteiger partial charge in [0.1, 0.15) is 12.4 Å². The first-order valence-corrected chi connectivity index (χ1v) is 8.73. The summed E-state index contributed by atoms with van der Waals surface area (Å²) in [7, 11) is 0. The Kier molecular flexibility index (Phi) is 5.73. The summed E-state index contributed by atoms with van der Waals surface area (Å²) in [5.74, 6) is 0.283. The number of amides is 1. The fourth-order valence-corrected chi connectivity index (χ4v) is 2.55. The van der Waals surface area contributed by atoms with E-state index in [0.29, 0.717) is 5.76 Å². The lowest BCUT2D eigenvalue weighted by Gasteiger charge is -2.06. The van der Waals surface area contributed by atoms with Gasteiger partial charge in [0.15, 0.2) is 11.5 Å². The molecule has 1 aromatic carbocycles. The number of aryl methyl sites for hydroxylation is 2. The first-order chi connectivity index (χ1) is 13.5. The molecule has 1 amide bonds. The largest absolute Gasteiger partial charge is 0.479 e. The lowest BCUT2D eigenvalue weighted by atomic mass is 10.2. The maximum absolute atomic E-state index is 12.2. The predicted octanol–water partition coefficient (Wildman–Crippen LogP) is 3.22. The van der Waals surface area contributed by atoms with Crippen LogP contribution in [0.25, 0.3) is 0 Å². The van der Waals surface area contributed by atoms with Gasteiger partial charge >= 0.3 is 5.69 Å². The van der Waals surface area contributed by atoms with Crippen LogP contribution < -0.4 is 10.1 Å². The molecule has 9 heteroatoms. The minimum Gasteiger partial charge on any atom is -0.479 e. The van der Waals surface area contributed by atoms with Crippen LogP contribution in [0.3, 0.4) is 0 Å². The molecule has 0 atom stereocenters. The molecular formula is C19H20N4O5. The number of carbonyl (C=O) groups excluding carboxylic acids is 1. The summed E-state index contributed by atoms with van der Waals surface area (Å²) in [6.45, 7) is 4.76. The minimum absolute atomic E-state index is 0.0297. The van der Waals surface area contributed by atoms with E-state index >= 15 is 0 Å². The molecule has 2 heterocycles. The van der Waals surface area contributed by atoms with Crippen LogP contribution in [-0.4, -0.2) is 20.6 Å². The molecule has 9 nitrogen and oxygen atoms in total. The molecule has 0 saturated heterocycles. The highest BCUT2D eigenvalue weighted by Crippen LogP contribution is 2.28. The van der Waals surface area contributed by atoms with Gasteiger partial charge in [-0.1, -0.05) is 6.07 Å². The zero-order valence-electron chi connectivity index (χ0n) is 15.5. The summed E-state index contributed by atoms with van der Waals surface area (Å²) in [6.07, 6.45) is 1.84. The normalized spacial score (nSPS) is 10.6. The number of furan rings is 1. The van der Waals surface area contributed by atoms with Crippen molar-refractivity contribution < 1.29 is 18.9 Å². The van der Waals surface area contributed by atoms with Gasteiger partial charge in [0.2, 0.25) is 0 Å². The van der Waals surface area contributed by atoms with Gasteiger partial charge in [-0.2, -0.15) is 5.10 Å². The molecule has 0 fully saturated rings. The minimum atomic E-state index is -0.497. The lowest BCUT2D eigenvalue weighted by Crippen LogP contribution is -2.22. The van der Waals surface area contributed by atoms with E-state index in [-0.39, 0.29) is 36.3 Å². The van der Waals surface area contributed by atoms with E-state index in [9.17, 15) is 14.9 Å². The van der Waals surface area contributed by atoms with Crippen molar-refractivity contribution in [3.8, 4) is 5.75 Å². The summed E-state index contributed by atoms with van der Waals surface area (Å²) in [4.78, 5) is 22.8. The molecule has 0 unspecified atom stereocenters. The van der Waals surface area contributed by atoms with Gasteiger partial charge in [-0.25, -0.2) is 0 Å². The molecule has 28 heavy (non-hydrogen) atoms. The van der Waals surface area contributed by atoms with E-state index in [1.165, 1.54) is 12.1 Å².